The second kappa shape index (κ2) is 7.24. The maximum atomic E-state index is 12.0. The van der Waals surface area contributed by atoms with Crippen LogP contribution in [0.25, 0.3) is 6.08 Å². The molecule has 0 radical (unpaired) electrons. The molecule has 1 heterocycles. The van der Waals surface area contributed by atoms with Gasteiger partial charge in [-0.05, 0) is 29.8 Å². The van der Waals surface area contributed by atoms with Crippen LogP contribution in [0.5, 0.6) is 0 Å². The molecular formula is C15H10ClN3O4. The van der Waals surface area contributed by atoms with Crippen molar-refractivity contribution < 1.29 is 14.1 Å². The van der Waals surface area contributed by atoms with E-state index >= 15 is 0 Å². The summed E-state index contributed by atoms with van der Waals surface area (Å²) in [6.07, 6.45) is 2.72. The molecule has 1 N–H and O–H groups in total. The lowest BCUT2D eigenvalue weighted by molar-refractivity contribution is -0.384. The lowest BCUT2D eigenvalue weighted by atomic mass is 10.1. The van der Waals surface area contributed by atoms with Crippen molar-refractivity contribution in [3.63, 3.8) is 0 Å². The van der Waals surface area contributed by atoms with E-state index < -0.39 is 10.8 Å². The molecule has 23 heavy (non-hydrogen) atoms. The van der Waals surface area contributed by atoms with Gasteiger partial charge in [-0.3, -0.25) is 14.9 Å². The maximum absolute atomic E-state index is 12.0. The number of nitrogens with zero attached hydrogens (tertiary/aromatic N) is 2. The number of halogens is 1. The minimum atomic E-state index is -0.636. The number of nitrogens with one attached hydrogen (secondary N) is 1. The molecule has 1 aromatic heterocycles. The number of nitro benzene ring substituents is 1. The number of hydrogen-bond acceptors (Lipinski definition) is 5. The number of carbonyl (C=O) groups excluding carboxylic acids is 1. The lowest BCUT2D eigenvalue weighted by Gasteiger charge is -2.02. The minimum Gasteiger partial charge on any atom is -0.467 e. The molecule has 1 amide bonds. The fourth-order valence-corrected chi connectivity index (χ4v) is 1.94. The van der Waals surface area contributed by atoms with Crippen molar-refractivity contribution in [1.29, 1.82) is 5.26 Å². The topological polar surface area (TPSA) is 109 Å². The molecule has 1 aromatic carbocycles. The number of hydrogen-bond donors (Lipinski definition) is 1. The number of amides is 1. The highest BCUT2D eigenvalue weighted by Gasteiger charge is 2.14. The molecule has 116 valence electrons. The van der Waals surface area contributed by atoms with E-state index in [2.05, 4.69) is 5.32 Å². The van der Waals surface area contributed by atoms with Gasteiger partial charge in [0.25, 0.3) is 11.6 Å². The van der Waals surface area contributed by atoms with Gasteiger partial charge in [-0.2, -0.15) is 5.26 Å². The maximum Gasteiger partial charge on any atom is 0.288 e. The Labute approximate surface area is 135 Å². The Morgan fingerprint density at radius 2 is 2.26 bits per heavy atom. The van der Waals surface area contributed by atoms with Crippen molar-refractivity contribution in [3.8, 4) is 6.07 Å². The van der Waals surface area contributed by atoms with Gasteiger partial charge in [0.05, 0.1) is 17.7 Å². The first-order chi connectivity index (χ1) is 11.0. The third kappa shape index (κ3) is 4.18. The van der Waals surface area contributed by atoms with Crippen LogP contribution in [-0.4, -0.2) is 10.8 Å². The standard InChI is InChI=1S/C15H10ClN3O4/c16-13-4-3-10(7-14(13)19(21)22)6-11(8-17)15(20)18-9-12-2-1-5-23-12/h1-7H,9H2,(H,18,20). The molecule has 0 aliphatic heterocycles. The minimum absolute atomic E-state index is 0.0204. The van der Waals surface area contributed by atoms with E-state index in [0.29, 0.717) is 11.3 Å². The fraction of sp³-hybridized carbons (Fsp3) is 0.0667. The Morgan fingerprint density at radius 1 is 1.48 bits per heavy atom. The molecule has 0 unspecified atom stereocenters. The predicted octanol–water partition coefficient (Wildman–Crippen LogP) is 3.06. The Bertz CT molecular complexity index is 807. The summed E-state index contributed by atoms with van der Waals surface area (Å²) in [6, 6.07) is 9.12. The van der Waals surface area contributed by atoms with Crippen molar-refractivity contribution >= 4 is 29.3 Å². The summed E-state index contributed by atoms with van der Waals surface area (Å²) in [4.78, 5) is 22.2. The highest BCUT2D eigenvalue weighted by Crippen LogP contribution is 2.26. The van der Waals surface area contributed by atoms with Gasteiger partial charge in [0.1, 0.15) is 22.4 Å². The number of rotatable bonds is 5. The van der Waals surface area contributed by atoms with Crippen molar-refractivity contribution in [2.75, 3.05) is 0 Å². The molecule has 0 spiro atoms. The molecule has 2 rings (SSSR count). The SMILES string of the molecule is N#CC(=Cc1ccc(Cl)c([N+](=O)[O-])c1)C(=O)NCc1ccco1. The third-order valence-corrected chi connectivity index (χ3v) is 3.17. The van der Waals surface area contributed by atoms with Crippen LogP contribution < -0.4 is 5.32 Å². The normalized spacial score (nSPS) is 10.9. The van der Waals surface area contributed by atoms with E-state index in [1.54, 1.807) is 18.2 Å². The summed E-state index contributed by atoms with van der Waals surface area (Å²) in [7, 11) is 0. The molecule has 0 saturated carbocycles. The summed E-state index contributed by atoms with van der Waals surface area (Å²) in [6.45, 7) is 0.131. The second-order valence-electron chi connectivity index (χ2n) is 4.40. The van der Waals surface area contributed by atoms with E-state index in [9.17, 15) is 14.9 Å². The van der Waals surface area contributed by atoms with E-state index in [4.69, 9.17) is 21.3 Å². The monoisotopic (exact) mass is 331 g/mol. The van der Waals surface area contributed by atoms with Crippen LogP contribution in [0.1, 0.15) is 11.3 Å². The first-order valence-electron chi connectivity index (χ1n) is 6.37. The van der Waals surface area contributed by atoms with Gasteiger partial charge in [0.15, 0.2) is 0 Å². The molecule has 7 nitrogen and oxygen atoms in total. The first-order valence-corrected chi connectivity index (χ1v) is 6.75. The molecule has 0 aliphatic rings. The number of benzene rings is 1. The zero-order valence-electron chi connectivity index (χ0n) is 11.7. The van der Waals surface area contributed by atoms with Crippen molar-refractivity contribution in [2.45, 2.75) is 6.54 Å². The Kier molecular flexibility index (Phi) is 5.12. The van der Waals surface area contributed by atoms with E-state index in [1.807, 2.05) is 0 Å². The zero-order chi connectivity index (χ0) is 16.8. The number of nitriles is 1. The largest absolute Gasteiger partial charge is 0.467 e. The van der Waals surface area contributed by atoms with Crippen LogP contribution in [-0.2, 0) is 11.3 Å². The second-order valence-corrected chi connectivity index (χ2v) is 4.81. The highest BCUT2D eigenvalue weighted by molar-refractivity contribution is 6.32. The number of nitro groups is 1. The van der Waals surface area contributed by atoms with Gasteiger partial charge >= 0.3 is 0 Å². The van der Waals surface area contributed by atoms with E-state index in [0.717, 1.165) is 0 Å². The molecule has 8 heteroatoms. The number of carbonyl (C=O) groups is 1. The van der Waals surface area contributed by atoms with Crippen LogP contribution in [0, 0.1) is 21.4 Å². The van der Waals surface area contributed by atoms with Gasteiger partial charge in [-0.1, -0.05) is 17.7 Å². The Balaban J connectivity index is 2.18. The van der Waals surface area contributed by atoms with Crippen LogP contribution >= 0.6 is 11.6 Å². The highest BCUT2D eigenvalue weighted by atomic mass is 35.5. The smallest absolute Gasteiger partial charge is 0.288 e. The van der Waals surface area contributed by atoms with Gasteiger partial charge in [0, 0.05) is 6.07 Å². The van der Waals surface area contributed by atoms with Crippen molar-refractivity contribution in [2.24, 2.45) is 0 Å². The zero-order valence-corrected chi connectivity index (χ0v) is 12.4. The van der Waals surface area contributed by atoms with Gasteiger partial charge < -0.3 is 9.73 Å². The summed E-state index contributed by atoms with van der Waals surface area (Å²) in [5.41, 5.74) is -0.160. The van der Waals surface area contributed by atoms with Gasteiger partial charge in [0.2, 0.25) is 0 Å². The molecule has 0 fully saturated rings. The average molecular weight is 332 g/mol. The molecule has 0 saturated heterocycles. The van der Waals surface area contributed by atoms with Gasteiger partial charge in [-0.15, -0.1) is 0 Å². The first kappa shape index (κ1) is 16.3. The molecule has 2 aromatic rings. The summed E-state index contributed by atoms with van der Waals surface area (Å²) < 4.78 is 5.06. The molecular weight excluding hydrogens is 322 g/mol. The summed E-state index contributed by atoms with van der Waals surface area (Å²) >= 11 is 5.71. The van der Waals surface area contributed by atoms with Gasteiger partial charge in [-0.25, -0.2) is 0 Å². The van der Waals surface area contributed by atoms with Crippen molar-refractivity contribution in [1.82, 2.24) is 5.32 Å². The van der Waals surface area contributed by atoms with Crippen LogP contribution in [0.3, 0.4) is 0 Å². The van der Waals surface area contributed by atoms with Crippen LogP contribution in [0.2, 0.25) is 5.02 Å². The quantitative estimate of drug-likeness (QED) is 0.392. The molecule has 0 aliphatic carbocycles. The lowest BCUT2D eigenvalue weighted by Crippen LogP contribution is -2.23. The Morgan fingerprint density at radius 3 is 2.87 bits per heavy atom. The van der Waals surface area contributed by atoms with Crippen LogP contribution in [0.15, 0.2) is 46.6 Å². The van der Waals surface area contributed by atoms with Crippen LogP contribution in [0.4, 0.5) is 5.69 Å². The summed E-state index contributed by atoms with van der Waals surface area (Å²) in [5.74, 6) is -0.0701. The Hall–Kier alpha value is -3.11. The van der Waals surface area contributed by atoms with E-state index in [1.165, 1.54) is 30.5 Å². The average Bonchev–Trinajstić information content (AvgIpc) is 3.04. The molecule has 0 bridgehead atoms. The van der Waals surface area contributed by atoms with Crippen molar-refractivity contribution in [3.05, 3.63) is 68.6 Å². The summed E-state index contributed by atoms with van der Waals surface area (Å²) in [5, 5.41) is 22.4. The number of furan rings is 1. The predicted molar refractivity (Wildman–Crippen MR) is 82.3 cm³/mol. The van der Waals surface area contributed by atoms with E-state index in [-0.39, 0.29) is 22.8 Å². The molecule has 0 atom stereocenters. The fourth-order valence-electron chi connectivity index (χ4n) is 1.75. The third-order valence-electron chi connectivity index (χ3n) is 2.85.